The molecule has 2 aromatic carbocycles. The summed E-state index contributed by atoms with van der Waals surface area (Å²) < 4.78 is 7.63. The molecule has 0 spiro atoms. The van der Waals surface area contributed by atoms with Gasteiger partial charge < -0.3 is 9.84 Å². The van der Waals surface area contributed by atoms with E-state index in [2.05, 4.69) is 74.9 Å². The van der Waals surface area contributed by atoms with Gasteiger partial charge in [-0.25, -0.2) is 0 Å². The molecule has 3 heteroatoms. The van der Waals surface area contributed by atoms with Crippen molar-refractivity contribution >= 4 is 10.8 Å². The van der Waals surface area contributed by atoms with E-state index in [1.165, 1.54) is 38.6 Å². The SMILES string of the molecule is COC[n+]1ccc2cc(C(C)C)ccc2c1-c1cc(C)cc(C)c1CCO. The standard InChI is InChI=1S/C24H30NO2/c1-16(2)19-6-7-22-20(14-19)8-10-25(15-27-5)24(22)23-13-17(3)12-18(4)21(23)9-11-26/h6-8,10,12-14,16,26H,9,11,15H2,1-5H3/q+1. The topological polar surface area (TPSA) is 33.3 Å². The summed E-state index contributed by atoms with van der Waals surface area (Å²) in [6.45, 7) is 9.33. The van der Waals surface area contributed by atoms with E-state index >= 15 is 0 Å². The number of ether oxygens (including phenoxy) is 1. The lowest BCUT2D eigenvalue weighted by Crippen LogP contribution is -2.37. The Kier molecular flexibility index (Phi) is 5.93. The number of aromatic nitrogens is 1. The molecule has 3 rings (SSSR count). The van der Waals surface area contributed by atoms with Gasteiger partial charge in [0.1, 0.15) is 0 Å². The summed E-state index contributed by atoms with van der Waals surface area (Å²) in [6.07, 6.45) is 2.75. The predicted octanol–water partition coefficient (Wildman–Crippen LogP) is 4.67. The molecule has 3 nitrogen and oxygen atoms in total. The van der Waals surface area contributed by atoms with Crippen LogP contribution in [0.15, 0.2) is 42.6 Å². The van der Waals surface area contributed by atoms with E-state index in [1.54, 1.807) is 7.11 Å². The van der Waals surface area contributed by atoms with Gasteiger partial charge in [0.05, 0.1) is 10.9 Å². The van der Waals surface area contributed by atoms with Crippen LogP contribution < -0.4 is 4.57 Å². The van der Waals surface area contributed by atoms with Crippen LogP contribution in [0.3, 0.4) is 0 Å². The molecule has 0 saturated heterocycles. The smallest absolute Gasteiger partial charge is 0.252 e. The van der Waals surface area contributed by atoms with E-state index in [0.29, 0.717) is 19.1 Å². The van der Waals surface area contributed by atoms with Crippen molar-refractivity contribution in [2.45, 2.75) is 46.8 Å². The lowest BCUT2D eigenvalue weighted by Gasteiger charge is -2.15. The maximum absolute atomic E-state index is 9.64. The zero-order chi connectivity index (χ0) is 19.6. The number of hydrogen-bond acceptors (Lipinski definition) is 2. The second-order valence-electron chi connectivity index (χ2n) is 7.63. The number of aryl methyl sites for hydroxylation is 2. The van der Waals surface area contributed by atoms with Crippen molar-refractivity contribution in [2.24, 2.45) is 0 Å². The Hall–Kier alpha value is -2.23. The molecule has 0 amide bonds. The van der Waals surface area contributed by atoms with Crippen LogP contribution in [0.4, 0.5) is 0 Å². The van der Waals surface area contributed by atoms with Gasteiger partial charge in [0.2, 0.25) is 5.69 Å². The molecule has 27 heavy (non-hydrogen) atoms. The minimum Gasteiger partial charge on any atom is -0.396 e. The van der Waals surface area contributed by atoms with Crippen molar-refractivity contribution in [2.75, 3.05) is 13.7 Å². The number of aliphatic hydroxyl groups excluding tert-OH is 1. The Morgan fingerprint density at radius 1 is 1.07 bits per heavy atom. The first-order valence-corrected chi connectivity index (χ1v) is 9.62. The third-order valence-electron chi connectivity index (χ3n) is 5.22. The van der Waals surface area contributed by atoms with Crippen molar-refractivity contribution < 1.29 is 14.4 Å². The van der Waals surface area contributed by atoms with E-state index in [9.17, 15) is 5.11 Å². The fourth-order valence-electron chi connectivity index (χ4n) is 3.89. The highest BCUT2D eigenvalue weighted by atomic mass is 16.5. The fourth-order valence-corrected chi connectivity index (χ4v) is 3.89. The van der Waals surface area contributed by atoms with Crippen LogP contribution in [0, 0.1) is 13.8 Å². The van der Waals surface area contributed by atoms with Crippen LogP contribution in [0.2, 0.25) is 0 Å². The highest BCUT2D eigenvalue weighted by Gasteiger charge is 2.22. The van der Waals surface area contributed by atoms with E-state index in [-0.39, 0.29) is 6.61 Å². The largest absolute Gasteiger partial charge is 0.396 e. The van der Waals surface area contributed by atoms with Gasteiger partial charge in [-0.05, 0) is 60.4 Å². The van der Waals surface area contributed by atoms with Gasteiger partial charge in [-0.15, -0.1) is 0 Å². The van der Waals surface area contributed by atoms with Crippen molar-refractivity contribution in [3.63, 3.8) is 0 Å². The summed E-state index contributed by atoms with van der Waals surface area (Å²) in [5, 5.41) is 12.1. The highest BCUT2D eigenvalue weighted by Crippen LogP contribution is 2.32. The molecule has 142 valence electrons. The van der Waals surface area contributed by atoms with Gasteiger partial charge in [-0.1, -0.05) is 37.6 Å². The maximum atomic E-state index is 9.64. The first-order chi connectivity index (χ1) is 13.0. The summed E-state index contributed by atoms with van der Waals surface area (Å²) >= 11 is 0. The molecule has 0 bridgehead atoms. The molecule has 0 saturated carbocycles. The zero-order valence-electron chi connectivity index (χ0n) is 17.0. The molecule has 1 aromatic heterocycles. The van der Waals surface area contributed by atoms with Gasteiger partial charge >= 0.3 is 0 Å². The summed E-state index contributed by atoms with van der Waals surface area (Å²) in [5.74, 6) is 0.496. The lowest BCUT2D eigenvalue weighted by atomic mass is 9.91. The summed E-state index contributed by atoms with van der Waals surface area (Å²) in [7, 11) is 1.72. The van der Waals surface area contributed by atoms with E-state index < -0.39 is 0 Å². The molecule has 0 aliphatic heterocycles. The van der Waals surface area contributed by atoms with Crippen LogP contribution in [-0.4, -0.2) is 18.8 Å². The van der Waals surface area contributed by atoms with Crippen molar-refractivity contribution in [1.82, 2.24) is 0 Å². The van der Waals surface area contributed by atoms with Crippen LogP contribution in [0.5, 0.6) is 0 Å². The monoisotopic (exact) mass is 364 g/mol. The van der Waals surface area contributed by atoms with E-state index in [1.807, 2.05) is 0 Å². The first kappa shape index (κ1) is 19.5. The molecule has 1 heterocycles. The van der Waals surface area contributed by atoms with Crippen LogP contribution in [0.1, 0.15) is 42.0 Å². The Balaban J connectivity index is 2.36. The average Bonchev–Trinajstić information content (AvgIpc) is 2.63. The molecular formula is C24H30NO2+. The van der Waals surface area contributed by atoms with Crippen molar-refractivity contribution in [1.29, 1.82) is 0 Å². The number of aliphatic hydroxyl groups is 1. The van der Waals surface area contributed by atoms with Gasteiger partial charge in [0.25, 0.3) is 6.73 Å². The highest BCUT2D eigenvalue weighted by molar-refractivity contribution is 5.94. The average molecular weight is 365 g/mol. The van der Waals surface area contributed by atoms with Gasteiger partial charge in [-0.2, -0.15) is 4.57 Å². The number of pyridine rings is 1. The van der Waals surface area contributed by atoms with Gasteiger partial charge in [0, 0.05) is 19.8 Å². The molecule has 0 radical (unpaired) electrons. The normalized spacial score (nSPS) is 11.5. The molecule has 0 unspecified atom stereocenters. The van der Waals surface area contributed by atoms with Crippen molar-refractivity contribution in [3.8, 4) is 11.3 Å². The number of benzene rings is 2. The predicted molar refractivity (Wildman–Crippen MR) is 111 cm³/mol. The number of hydrogen-bond donors (Lipinski definition) is 1. The minimum absolute atomic E-state index is 0.142. The number of nitrogens with zero attached hydrogens (tertiary/aromatic N) is 1. The zero-order valence-corrected chi connectivity index (χ0v) is 17.0. The second-order valence-corrected chi connectivity index (χ2v) is 7.63. The molecule has 0 fully saturated rings. The minimum atomic E-state index is 0.142. The van der Waals surface area contributed by atoms with Gasteiger partial charge in [-0.3, -0.25) is 0 Å². The lowest BCUT2D eigenvalue weighted by molar-refractivity contribution is -0.720. The Labute approximate surface area is 162 Å². The van der Waals surface area contributed by atoms with Crippen molar-refractivity contribution in [3.05, 3.63) is 64.8 Å². The molecule has 0 aliphatic rings. The number of methoxy groups -OCH3 is 1. The Bertz CT molecular complexity index is 960. The van der Waals surface area contributed by atoms with Gasteiger partial charge in [0.15, 0.2) is 6.20 Å². The Morgan fingerprint density at radius 2 is 1.85 bits per heavy atom. The summed E-state index contributed by atoms with van der Waals surface area (Å²) in [5.41, 5.74) is 7.33. The molecule has 0 atom stereocenters. The third kappa shape index (κ3) is 3.90. The van der Waals surface area contributed by atoms with E-state index in [4.69, 9.17) is 4.74 Å². The number of fused-ring (bicyclic) bond motifs is 1. The van der Waals surface area contributed by atoms with Crippen LogP contribution >= 0.6 is 0 Å². The summed E-state index contributed by atoms with van der Waals surface area (Å²) in [4.78, 5) is 0. The molecule has 0 aliphatic carbocycles. The quantitative estimate of drug-likeness (QED) is 0.645. The van der Waals surface area contributed by atoms with Crippen LogP contribution in [0.25, 0.3) is 22.0 Å². The molecule has 1 N–H and O–H groups in total. The van der Waals surface area contributed by atoms with E-state index in [0.717, 1.165) is 5.69 Å². The number of rotatable bonds is 6. The fraction of sp³-hybridized carbons (Fsp3) is 0.375. The first-order valence-electron chi connectivity index (χ1n) is 9.62. The molecular weight excluding hydrogens is 334 g/mol. The molecule has 3 aromatic rings. The van der Waals surface area contributed by atoms with Crippen LogP contribution in [-0.2, 0) is 17.9 Å². The Morgan fingerprint density at radius 3 is 2.52 bits per heavy atom. The second kappa shape index (κ2) is 8.20. The third-order valence-corrected chi connectivity index (χ3v) is 5.22. The maximum Gasteiger partial charge on any atom is 0.252 e. The summed E-state index contributed by atoms with van der Waals surface area (Å²) in [6, 6.07) is 13.3.